The minimum absolute atomic E-state index is 0.111. The summed E-state index contributed by atoms with van der Waals surface area (Å²) in [4.78, 5) is 59.5. The Kier molecular flexibility index (Phi) is 5.41. The molecule has 1 aromatic heterocycles. The first-order valence-electron chi connectivity index (χ1n) is 11.1. The Morgan fingerprint density at radius 2 is 1.73 bits per heavy atom. The van der Waals surface area contributed by atoms with E-state index in [1.54, 1.807) is 12.1 Å². The average molecular weight is 447 g/mol. The van der Waals surface area contributed by atoms with Gasteiger partial charge in [0, 0.05) is 56.7 Å². The third kappa shape index (κ3) is 4.00. The number of amides is 4. The van der Waals surface area contributed by atoms with Crippen molar-refractivity contribution in [3.63, 3.8) is 0 Å². The highest BCUT2D eigenvalue weighted by atomic mass is 16.2. The number of hydrogen-bond donors (Lipinski definition) is 1. The molecule has 4 heterocycles. The Bertz CT molecular complexity index is 1160. The van der Waals surface area contributed by atoms with E-state index in [1.807, 2.05) is 25.3 Å². The van der Waals surface area contributed by atoms with Gasteiger partial charge in [0.25, 0.3) is 11.8 Å². The van der Waals surface area contributed by atoms with Crippen LogP contribution in [0.25, 0.3) is 0 Å². The minimum Gasteiger partial charge on any atom is -0.369 e. The fraction of sp³-hybridized carbons (Fsp3) is 0.375. The molecule has 1 unspecified atom stereocenters. The van der Waals surface area contributed by atoms with Gasteiger partial charge in [-0.25, -0.2) is 0 Å². The zero-order valence-corrected chi connectivity index (χ0v) is 18.4. The summed E-state index contributed by atoms with van der Waals surface area (Å²) < 4.78 is 0. The van der Waals surface area contributed by atoms with Crippen LogP contribution in [0, 0.1) is 6.92 Å². The number of nitrogens with zero attached hydrogens (tertiary/aromatic N) is 4. The van der Waals surface area contributed by atoms with Crippen LogP contribution >= 0.6 is 0 Å². The molecule has 2 saturated heterocycles. The van der Waals surface area contributed by atoms with Crippen LogP contribution in [-0.4, -0.2) is 70.6 Å². The molecule has 3 aliphatic rings. The van der Waals surface area contributed by atoms with Gasteiger partial charge in [-0.3, -0.25) is 39.3 Å². The smallest absolute Gasteiger partial charge is 0.262 e. The van der Waals surface area contributed by atoms with Crippen LogP contribution in [-0.2, 0) is 16.1 Å². The average Bonchev–Trinajstić information content (AvgIpc) is 3.04. The highest BCUT2D eigenvalue weighted by Crippen LogP contribution is 2.29. The zero-order valence-electron chi connectivity index (χ0n) is 18.4. The topological polar surface area (TPSA) is 103 Å². The molecule has 0 saturated carbocycles. The van der Waals surface area contributed by atoms with Crippen LogP contribution in [0.5, 0.6) is 0 Å². The van der Waals surface area contributed by atoms with Crippen molar-refractivity contribution in [2.24, 2.45) is 0 Å². The molecule has 1 N–H and O–H groups in total. The summed E-state index contributed by atoms with van der Waals surface area (Å²) in [5, 5.41) is 2.22. The standard InChI is InChI=1S/C24H25N5O4/c1-15-12-17(6-7-25-15)28-10-8-27(9-11-28)14-16-2-3-18-19(13-16)24(33)29(23(18)32)20-4-5-21(30)26-22(20)31/h2-3,6-7,12-13,20H,4-5,8-11,14H2,1H3,(H,26,30,31). The molecule has 5 rings (SSSR count). The molecule has 1 aromatic carbocycles. The van der Waals surface area contributed by atoms with Gasteiger partial charge >= 0.3 is 0 Å². The predicted octanol–water partition coefficient (Wildman–Crippen LogP) is 1.11. The van der Waals surface area contributed by atoms with Crippen molar-refractivity contribution in [3.8, 4) is 0 Å². The van der Waals surface area contributed by atoms with Crippen molar-refractivity contribution < 1.29 is 19.2 Å². The number of piperazine rings is 1. The van der Waals surface area contributed by atoms with Crippen molar-refractivity contribution in [1.29, 1.82) is 0 Å². The minimum atomic E-state index is -0.941. The zero-order chi connectivity index (χ0) is 23.1. The lowest BCUT2D eigenvalue weighted by atomic mass is 10.0. The molecule has 4 amide bonds. The maximum Gasteiger partial charge on any atom is 0.262 e. The number of rotatable bonds is 4. The van der Waals surface area contributed by atoms with Crippen LogP contribution in [0.2, 0.25) is 0 Å². The number of imide groups is 2. The Morgan fingerprint density at radius 3 is 2.45 bits per heavy atom. The number of piperidine rings is 1. The third-order valence-corrected chi connectivity index (χ3v) is 6.53. The lowest BCUT2D eigenvalue weighted by Gasteiger charge is -2.36. The van der Waals surface area contributed by atoms with Gasteiger partial charge in [-0.05, 0) is 43.2 Å². The van der Waals surface area contributed by atoms with Gasteiger partial charge in [0.1, 0.15) is 6.04 Å². The van der Waals surface area contributed by atoms with Crippen LogP contribution < -0.4 is 10.2 Å². The summed E-state index contributed by atoms with van der Waals surface area (Å²) in [5.74, 6) is -1.92. The monoisotopic (exact) mass is 447 g/mol. The molecule has 0 spiro atoms. The van der Waals surface area contributed by atoms with Crippen molar-refractivity contribution >= 4 is 29.3 Å². The van der Waals surface area contributed by atoms with E-state index in [4.69, 9.17) is 0 Å². The fourth-order valence-corrected chi connectivity index (χ4v) is 4.77. The molecule has 33 heavy (non-hydrogen) atoms. The van der Waals surface area contributed by atoms with E-state index >= 15 is 0 Å². The number of aryl methyl sites for hydroxylation is 1. The summed E-state index contributed by atoms with van der Waals surface area (Å²) in [6, 6.07) is 8.49. The third-order valence-electron chi connectivity index (χ3n) is 6.53. The van der Waals surface area contributed by atoms with E-state index in [9.17, 15) is 19.2 Å². The number of nitrogens with one attached hydrogen (secondary N) is 1. The molecule has 1 atom stereocenters. The van der Waals surface area contributed by atoms with Crippen LogP contribution in [0.4, 0.5) is 5.69 Å². The van der Waals surface area contributed by atoms with Crippen molar-refractivity contribution in [3.05, 3.63) is 58.9 Å². The van der Waals surface area contributed by atoms with Gasteiger partial charge < -0.3 is 4.90 Å². The number of carbonyl (C=O) groups is 4. The Labute approximate surface area is 191 Å². The quantitative estimate of drug-likeness (QED) is 0.701. The number of hydrogen-bond acceptors (Lipinski definition) is 7. The van der Waals surface area contributed by atoms with Crippen LogP contribution in [0.15, 0.2) is 36.5 Å². The highest BCUT2D eigenvalue weighted by molar-refractivity contribution is 6.23. The summed E-state index contributed by atoms with van der Waals surface area (Å²) in [6.07, 6.45) is 2.10. The summed E-state index contributed by atoms with van der Waals surface area (Å²) in [6.45, 7) is 6.23. The number of pyridine rings is 1. The van der Waals surface area contributed by atoms with E-state index < -0.39 is 23.8 Å². The SMILES string of the molecule is Cc1cc(N2CCN(Cc3ccc4c(c3)C(=O)N(C3CCC(=O)NC3=O)C4=O)CC2)ccn1. The normalized spacial score (nSPS) is 21.4. The van der Waals surface area contributed by atoms with E-state index in [1.165, 1.54) is 5.69 Å². The first kappa shape index (κ1) is 21.3. The van der Waals surface area contributed by atoms with Gasteiger partial charge in [0.05, 0.1) is 11.1 Å². The predicted molar refractivity (Wildman–Crippen MR) is 120 cm³/mol. The Morgan fingerprint density at radius 1 is 0.970 bits per heavy atom. The molecule has 9 nitrogen and oxygen atoms in total. The summed E-state index contributed by atoms with van der Waals surface area (Å²) in [5.41, 5.74) is 3.77. The van der Waals surface area contributed by atoms with Gasteiger partial charge in [-0.1, -0.05) is 6.07 Å². The Hall–Kier alpha value is -3.59. The molecule has 2 fully saturated rings. The molecule has 3 aliphatic heterocycles. The van der Waals surface area contributed by atoms with Gasteiger partial charge in [0.15, 0.2) is 0 Å². The second kappa shape index (κ2) is 8.40. The molecule has 0 aliphatic carbocycles. The molecule has 170 valence electrons. The van der Waals surface area contributed by atoms with Crippen molar-refractivity contribution in [2.45, 2.75) is 32.4 Å². The molecule has 9 heteroatoms. The second-order valence-corrected chi connectivity index (χ2v) is 8.75. The number of carbonyl (C=O) groups excluding carboxylic acids is 4. The highest BCUT2D eigenvalue weighted by Gasteiger charge is 2.44. The molecule has 0 radical (unpaired) electrons. The fourth-order valence-electron chi connectivity index (χ4n) is 4.77. The second-order valence-electron chi connectivity index (χ2n) is 8.75. The number of fused-ring (bicyclic) bond motifs is 1. The van der Waals surface area contributed by atoms with Gasteiger partial charge in [-0.2, -0.15) is 0 Å². The summed E-state index contributed by atoms with van der Waals surface area (Å²) >= 11 is 0. The van der Waals surface area contributed by atoms with Gasteiger partial charge in [0.2, 0.25) is 11.8 Å². The molecule has 2 aromatic rings. The lowest BCUT2D eigenvalue weighted by molar-refractivity contribution is -0.136. The molecular formula is C24H25N5O4. The summed E-state index contributed by atoms with van der Waals surface area (Å²) in [7, 11) is 0. The number of anilines is 1. The van der Waals surface area contributed by atoms with Crippen LogP contribution in [0.1, 0.15) is 44.8 Å². The maximum atomic E-state index is 13.0. The first-order valence-corrected chi connectivity index (χ1v) is 11.1. The van der Waals surface area contributed by atoms with Crippen LogP contribution in [0.3, 0.4) is 0 Å². The Balaban J connectivity index is 1.26. The van der Waals surface area contributed by atoms with Crippen molar-refractivity contribution in [2.75, 3.05) is 31.1 Å². The van der Waals surface area contributed by atoms with E-state index in [-0.39, 0.29) is 18.7 Å². The largest absolute Gasteiger partial charge is 0.369 e. The van der Waals surface area contributed by atoms with E-state index in [0.717, 1.165) is 42.3 Å². The van der Waals surface area contributed by atoms with Crippen molar-refractivity contribution in [1.82, 2.24) is 20.1 Å². The molecule has 0 bridgehead atoms. The molecular weight excluding hydrogens is 422 g/mol. The maximum absolute atomic E-state index is 13.0. The van der Waals surface area contributed by atoms with Gasteiger partial charge in [-0.15, -0.1) is 0 Å². The number of aromatic nitrogens is 1. The van der Waals surface area contributed by atoms with E-state index in [2.05, 4.69) is 26.2 Å². The first-order chi connectivity index (χ1) is 15.9. The number of benzene rings is 1. The van der Waals surface area contributed by atoms with E-state index in [0.29, 0.717) is 17.7 Å². The lowest BCUT2D eigenvalue weighted by Crippen LogP contribution is -2.54.